The van der Waals surface area contributed by atoms with E-state index in [1.807, 2.05) is 24.3 Å². The van der Waals surface area contributed by atoms with Crippen molar-refractivity contribution >= 4 is 37.9 Å². The molecule has 0 bridgehead atoms. The molecule has 0 spiro atoms. The van der Waals surface area contributed by atoms with Gasteiger partial charge >= 0.3 is 0 Å². The number of carbonyl (C=O) groups excluding carboxylic acids is 2. The van der Waals surface area contributed by atoms with Gasteiger partial charge in [-0.25, -0.2) is 0 Å². The minimum Gasteiger partial charge on any atom is -0.508 e. The highest BCUT2D eigenvalue weighted by molar-refractivity contribution is 6.74. The zero-order valence-corrected chi connectivity index (χ0v) is 28.5. The highest BCUT2D eigenvalue weighted by Gasteiger charge is 2.40. The predicted molar refractivity (Wildman–Crippen MR) is 180 cm³/mol. The second-order valence-electron chi connectivity index (χ2n) is 13.3. The van der Waals surface area contributed by atoms with Crippen molar-refractivity contribution in [2.45, 2.75) is 77.2 Å². The molecule has 3 aromatic carbocycles. The van der Waals surface area contributed by atoms with Gasteiger partial charge in [0.15, 0.2) is 8.32 Å². The molecule has 0 heterocycles. The van der Waals surface area contributed by atoms with Crippen LogP contribution in [-0.2, 0) is 22.1 Å². The molecule has 3 aromatic rings. The van der Waals surface area contributed by atoms with Crippen molar-refractivity contribution in [3.8, 4) is 11.5 Å². The predicted octanol–water partition coefficient (Wildman–Crippen LogP) is 6.97. The molecule has 0 saturated carbocycles. The van der Waals surface area contributed by atoms with Crippen LogP contribution in [0.5, 0.6) is 11.5 Å². The van der Waals surface area contributed by atoms with Crippen LogP contribution in [0.4, 0.5) is 5.69 Å². The summed E-state index contributed by atoms with van der Waals surface area (Å²) in [6, 6.07) is 17.6. The van der Waals surface area contributed by atoms with Crippen LogP contribution in [-0.4, -0.2) is 49.5 Å². The second-order valence-corrected chi connectivity index (χ2v) is 18.5. The minimum atomic E-state index is -2.19. The van der Waals surface area contributed by atoms with Crippen LogP contribution in [0.2, 0.25) is 23.2 Å². The Morgan fingerprint density at radius 2 is 1.70 bits per heavy atom. The topological polar surface area (TPSA) is 120 Å². The number of carbonyl (C=O) groups is 2. The number of halogens is 1. The van der Waals surface area contributed by atoms with E-state index in [1.54, 1.807) is 36.4 Å². The Bertz CT molecular complexity index is 1460. The van der Waals surface area contributed by atoms with E-state index in [-0.39, 0.29) is 34.1 Å². The molecule has 0 aliphatic rings. The van der Waals surface area contributed by atoms with Crippen molar-refractivity contribution in [1.29, 1.82) is 0 Å². The summed E-state index contributed by atoms with van der Waals surface area (Å²) in [6.07, 6.45) is 1.34. The zero-order chi connectivity index (χ0) is 32.7. The van der Waals surface area contributed by atoms with Crippen molar-refractivity contribution in [3.63, 3.8) is 0 Å². The van der Waals surface area contributed by atoms with Crippen LogP contribution in [0.25, 0.3) is 0 Å². The van der Waals surface area contributed by atoms with Crippen molar-refractivity contribution in [2.24, 2.45) is 0 Å². The summed E-state index contributed by atoms with van der Waals surface area (Å²) in [7, 11) is -2.19. The molecule has 10 heteroatoms. The van der Waals surface area contributed by atoms with E-state index >= 15 is 0 Å². The lowest BCUT2D eigenvalue weighted by Gasteiger charge is -2.40. The van der Waals surface area contributed by atoms with Crippen LogP contribution in [0, 0.1) is 0 Å². The maximum atomic E-state index is 12.9. The molecule has 3 rings (SSSR count). The van der Waals surface area contributed by atoms with Crippen molar-refractivity contribution < 1.29 is 24.2 Å². The molecule has 0 saturated heterocycles. The number of phenols is 2. The molecule has 238 valence electrons. The van der Waals surface area contributed by atoms with E-state index in [4.69, 9.17) is 16.0 Å². The average Bonchev–Trinajstić information content (AvgIpc) is 2.93. The molecule has 0 radical (unpaired) electrons. The Kier molecular flexibility index (Phi) is 11.7. The van der Waals surface area contributed by atoms with Gasteiger partial charge in [-0.3, -0.25) is 9.59 Å². The highest BCUT2D eigenvalue weighted by atomic mass is 35.5. The summed E-state index contributed by atoms with van der Waals surface area (Å²) in [5.41, 5.74) is 3.08. The molecule has 8 nitrogen and oxygen atoms in total. The first-order chi connectivity index (χ1) is 20.5. The summed E-state index contributed by atoms with van der Waals surface area (Å²) >= 11 is 6.03. The van der Waals surface area contributed by atoms with Gasteiger partial charge in [-0.1, -0.05) is 50.6 Å². The van der Waals surface area contributed by atoms with Gasteiger partial charge in [0.25, 0.3) is 5.91 Å². The summed E-state index contributed by atoms with van der Waals surface area (Å²) in [5, 5.41) is 29.9. The molecule has 0 aliphatic carbocycles. The average molecular weight is 640 g/mol. The molecule has 1 atom stereocenters. The fourth-order valence-electron chi connectivity index (χ4n) is 4.62. The summed E-state index contributed by atoms with van der Waals surface area (Å²) < 4.78 is 6.84. The summed E-state index contributed by atoms with van der Waals surface area (Å²) in [5.74, 6) is -0.0402. The first-order valence-corrected chi connectivity index (χ1v) is 18.1. The van der Waals surface area contributed by atoms with Gasteiger partial charge in [-0.2, -0.15) is 0 Å². The third-order valence-corrected chi connectivity index (χ3v) is 12.9. The fourth-order valence-corrected chi connectivity index (χ4v) is 6.10. The Labute approximate surface area is 267 Å². The van der Waals surface area contributed by atoms with E-state index in [1.165, 1.54) is 0 Å². The largest absolute Gasteiger partial charge is 0.508 e. The number of rotatable bonds is 14. The van der Waals surface area contributed by atoms with Crippen LogP contribution < -0.4 is 16.0 Å². The molecule has 0 aliphatic heterocycles. The minimum absolute atomic E-state index is 0.00764. The number of anilines is 1. The molecular weight excluding hydrogens is 594 g/mol. The standard InChI is InChI=1S/C34H46ClN3O5Si/c1-33(2,3)44(6,7)43-31(25-11-13-30(41)28(19-25)37-22-39)21-38-34(4,5)20-23-9-8-10-26(17-23)32(42)36-16-15-24-18-27(35)12-14-29(24)40/h8-14,17-19,22,31,38,40-41H,15-16,20-21H2,1-7H3,(H,36,42)(H,37,39)/t31-/m1/s1. The van der Waals surface area contributed by atoms with Crippen LogP contribution in [0.15, 0.2) is 60.7 Å². The highest BCUT2D eigenvalue weighted by Crippen LogP contribution is 2.40. The normalized spacial score (nSPS) is 12.9. The van der Waals surface area contributed by atoms with Gasteiger partial charge in [0.2, 0.25) is 6.41 Å². The van der Waals surface area contributed by atoms with Gasteiger partial charge in [0, 0.05) is 29.2 Å². The van der Waals surface area contributed by atoms with Gasteiger partial charge in [0.05, 0.1) is 11.8 Å². The SMILES string of the molecule is CC(C)(Cc1cccc(C(=O)NCCc2cc(Cl)ccc2O)c1)NC[C@@H](O[Si](C)(C)C(C)(C)C)c1ccc(O)c(NC=O)c1. The smallest absolute Gasteiger partial charge is 0.251 e. The van der Waals surface area contributed by atoms with Gasteiger partial charge in [-0.05, 0) is 104 Å². The second kappa shape index (κ2) is 14.6. The molecule has 0 aromatic heterocycles. The number of hydrogen-bond donors (Lipinski definition) is 5. The fraction of sp³-hybridized carbons (Fsp3) is 0.412. The Hall–Kier alpha value is -3.37. The number of benzene rings is 3. The van der Waals surface area contributed by atoms with Crippen LogP contribution >= 0.6 is 11.6 Å². The lowest BCUT2D eigenvalue weighted by atomic mass is 9.93. The molecule has 44 heavy (non-hydrogen) atoms. The van der Waals surface area contributed by atoms with E-state index in [0.29, 0.717) is 54.2 Å². The van der Waals surface area contributed by atoms with Crippen LogP contribution in [0.1, 0.15) is 67.8 Å². The van der Waals surface area contributed by atoms with Crippen molar-refractivity contribution in [3.05, 3.63) is 87.9 Å². The third-order valence-electron chi connectivity index (χ3n) is 8.17. The van der Waals surface area contributed by atoms with Crippen molar-refractivity contribution in [1.82, 2.24) is 10.6 Å². The maximum absolute atomic E-state index is 12.9. The number of amides is 2. The Morgan fingerprint density at radius 1 is 1.00 bits per heavy atom. The lowest BCUT2D eigenvalue weighted by Crippen LogP contribution is -2.47. The lowest BCUT2D eigenvalue weighted by molar-refractivity contribution is -0.105. The Balaban J connectivity index is 1.70. The molecule has 2 amide bonds. The monoisotopic (exact) mass is 639 g/mol. The van der Waals surface area contributed by atoms with E-state index in [0.717, 1.165) is 11.1 Å². The first kappa shape index (κ1) is 35.1. The summed E-state index contributed by atoms with van der Waals surface area (Å²) in [6.45, 7) is 16.0. The number of phenolic OH excluding ortho intramolecular Hbond substituents is 2. The third kappa shape index (κ3) is 9.82. The first-order valence-electron chi connectivity index (χ1n) is 14.8. The van der Waals surface area contributed by atoms with Gasteiger partial charge < -0.3 is 30.6 Å². The van der Waals surface area contributed by atoms with Gasteiger partial charge in [-0.15, -0.1) is 0 Å². The molecular formula is C34H46ClN3O5Si. The van der Waals surface area contributed by atoms with Crippen molar-refractivity contribution in [2.75, 3.05) is 18.4 Å². The quantitative estimate of drug-likeness (QED) is 0.0739. The maximum Gasteiger partial charge on any atom is 0.251 e. The zero-order valence-electron chi connectivity index (χ0n) is 26.8. The summed E-state index contributed by atoms with van der Waals surface area (Å²) in [4.78, 5) is 24.0. The van der Waals surface area contributed by atoms with Gasteiger partial charge in [0.1, 0.15) is 11.5 Å². The molecule has 0 unspecified atom stereocenters. The number of nitrogens with one attached hydrogen (secondary N) is 3. The number of aromatic hydroxyl groups is 2. The number of hydrogen-bond acceptors (Lipinski definition) is 6. The van der Waals surface area contributed by atoms with E-state index in [2.05, 4.69) is 63.7 Å². The molecule has 0 fully saturated rings. The van der Waals surface area contributed by atoms with E-state index < -0.39 is 8.32 Å². The molecule has 5 N–H and O–H groups in total. The Morgan fingerprint density at radius 3 is 2.39 bits per heavy atom. The van der Waals surface area contributed by atoms with Crippen LogP contribution in [0.3, 0.4) is 0 Å². The van der Waals surface area contributed by atoms with E-state index in [9.17, 15) is 19.8 Å².